The maximum atomic E-state index is 11.8. The van der Waals surface area contributed by atoms with Crippen LogP contribution in [0.1, 0.15) is 40.8 Å². The SMILES string of the molecule is O=C1CCCc2nc(C3COc4ccccc4O3)ncc21. The van der Waals surface area contributed by atoms with Crippen LogP contribution in [0.3, 0.4) is 0 Å². The quantitative estimate of drug-likeness (QED) is 0.804. The number of nitrogens with zero attached hydrogens (tertiary/aromatic N) is 2. The third-order valence-electron chi connectivity index (χ3n) is 3.80. The van der Waals surface area contributed by atoms with Crippen LogP contribution >= 0.6 is 0 Å². The summed E-state index contributed by atoms with van der Waals surface area (Å²) in [4.78, 5) is 20.6. The third-order valence-corrected chi connectivity index (χ3v) is 3.80. The number of rotatable bonds is 1. The van der Waals surface area contributed by atoms with Crippen LogP contribution < -0.4 is 9.47 Å². The Morgan fingerprint density at radius 3 is 2.90 bits per heavy atom. The summed E-state index contributed by atoms with van der Waals surface area (Å²) in [6.45, 7) is 0.379. The Balaban J connectivity index is 1.65. The van der Waals surface area contributed by atoms with Gasteiger partial charge in [0.2, 0.25) is 0 Å². The van der Waals surface area contributed by atoms with E-state index in [0.29, 0.717) is 30.2 Å². The highest BCUT2D eigenvalue weighted by atomic mass is 16.6. The lowest BCUT2D eigenvalue weighted by molar-refractivity contribution is 0.0845. The van der Waals surface area contributed by atoms with E-state index in [1.54, 1.807) is 6.20 Å². The fourth-order valence-corrected chi connectivity index (χ4v) is 2.71. The number of carbonyl (C=O) groups is 1. The Kier molecular flexibility index (Phi) is 2.84. The van der Waals surface area contributed by atoms with Gasteiger partial charge in [-0.15, -0.1) is 0 Å². The molecule has 21 heavy (non-hydrogen) atoms. The van der Waals surface area contributed by atoms with Gasteiger partial charge in [0.25, 0.3) is 0 Å². The van der Waals surface area contributed by atoms with Crippen LogP contribution in [0.15, 0.2) is 30.5 Å². The maximum Gasteiger partial charge on any atom is 0.192 e. The summed E-state index contributed by atoms with van der Waals surface area (Å²) in [7, 11) is 0. The molecule has 4 rings (SSSR count). The van der Waals surface area contributed by atoms with Crippen LogP contribution in [0.2, 0.25) is 0 Å². The highest BCUT2D eigenvalue weighted by molar-refractivity contribution is 5.97. The zero-order chi connectivity index (χ0) is 14.2. The second kappa shape index (κ2) is 4.84. The summed E-state index contributed by atoms with van der Waals surface area (Å²) in [5, 5.41) is 0. The number of ketones is 1. The van der Waals surface area contributed by atoms with Crippen LogP contribution in [0.5, 0.6) is 11.5 Å². The van der Waals surface area contributed by atoms with E-state index >= 15 is 0 Å². The van der Waals surface area contributed by atoms with Gasteiger partial charge in [0.15, 0.2) is 29.2 Å². The van der Waals surface area contributed by atoms with Crippen molar-refractivity contribution < 1.29 is 14.3 Å². The molecule has 0 radical (unpaired) electrons. The Morgan fingerprint density at radius 2 is 2.00 bits per heavy atom. The molecule has 1 atom stereocenters. The van der Waals surface area contributed by atoms with E-state index in [9.17, 15) is 4.79 Å². The van der Waals surface area contributed by atoms with Crippen molar-refractivity contribution >= 4 is 5.78 Å². The number of Topliss-reactive ketones (excluding diaryl/α,β-unsaturated/α-hetero) is 1. The summed E-state index contributed by atoms with van der Waals surface area (Å²) in [5.74, 6) is 2.15. The summed E-state index contributed by atoms with van der Waals surface area (Å²) in [6.07, 6.45) is 3.56. The van der Waals surface area contributed by atoms with Crippen molar-refractivity contribution in [3.05, 3.63) is 47.5 Å². The van der Waals surface area contributed by atoms with Gasteiger partial charge >= 0.3 is 0 Å². The fraction of sp³-hybridized carbons (Fsp3) is 0.312. The van der Waals surface area contributed by atoms with Gasteiger partial charge in [0, 0.05) is 12.6 Å². The molecule has 1 aliphatic heterocycles. The summed E-state index contributed by atoms with van der Waals surface area (Å²) >= 11 is 0. The predicted octanol–water partition coefficient (Wildman–Crippen LogP) is 2.51. The predicted molar refractivity (Wildman–Crippen MR) is 74.6 cm³/mol. The largest absolute Gasteiger partial charge is 0.485 e. The van der Waals surface area contributed by atoms with Gasteiger partial charge in [-0.25, -0.2) is 9.97 Å². The maximum absolute atomic E-state index is 11.8. The highest BCUT2D eigenvalue weighted by Crippen LogP contribution is 2.35. The first kappa shape index (κ1) is 12.3. The van der Waals surface area contributed by atoms with Crippen LogP contribution in [-0.2, 0) is 6.42 Å². The van der Waals surface area contributed by atoms with Crippen molar-refractivity contribution in [2.24, 2.45) is 0 Å². The molecule has 2 heterocycles. The summed E-state index contributed by atoms with van der Waals surface area (Å²) < 4.78 is 11.6. The molecule has 106 valence electrons. The molecule has 1 aromatic heterocycles. The number of aryl methyl sites for hydroxylation is 1. The standard InChI is InChI=1S/C16H14N2O3/c19-12-5-3-4-11-10(12)8-17-16(18-11)15-9-20-13-6-1-2-7-14(13)21-15/h1-2,6-8,15H,3-5,9H2. The average molecular weight is 282 g/mol. The number of para-hydroxylation sites is 2. The molecule has 1 aromatic carbocycles. The first-order chi connectivity index (χ1) is 10.3. The summed E-state index contributed by atoms with van der Waals surface area (Å²) in [5.41, 5.74) is 1.49. The third kappa shape index (κ3) is 2.14. The minimum Gasteiger partial charge on any atom is -0.485 e. The van der Waals surface area contributed by atoms with Crippen molar-refractivity contribution in [3.8, 4) is 11.5 Å². The molecule has 0 spiro atoms. The molecule has 0 amide bonds. The molecule has 0 fully saturated rings. The smallest absolute Gasteiger partial charge is 0.192 e. The van der Waals surface area contributed by atoms with E-state index in [1.165, 1.54) is 0 Å². The zero-order valence-corrected chi connectivity index (χ0v) is 11.4. The molecule has 1 unspecified atom stereocenters. The molecule has 5 nitrogen and oxygen atoms in total. The number of benzene rings is 1. The molecular weight excluding hydrogens is 268 g/mol. The average Bonchev–Trinajstić information content (AvgIpc) is 2.54. The van der Waals surface area contributed by atoms with Gasteiger partial charge in [-0.3, -0.25) is 4.79 Å². The number of fused-ring (bicyclic) bond motifs is 2. The minimum absolute atomic E-state index is 0.133. The molecule has 2 aliphatic rings. The number of ether oxygens (including phenoxy) is 2. The van der Waals surface area contributed by atoms with Crippen LogP contribution in [0.4, 0.5) is 0 Å². The Morgan fingerprint density at radius 1 is 1.14 bits per heavy atom. The van der Waals surface area contributed by atoms with Crippen molar-refractivity contribution in [2.45, 2.75) is 25.4 Å². The minimum atomic E-state index is -0.331. The monoisotopic (exact) mass is 282 g/mol. The van der Waals surface area contributed by atoms with Gasteiger partial charge < -0.3 is 9.47 Å². The number of aromatic nitrogens is 2. The van der Waals surface area contributed by atoms with Gasteiger partial charge in [-0.2, -0.15) is 0 Å². The molecular formula is C16H14N2O3. The lowest BCUT2D eigenvalue weighted by Gasteiger charge is -2.26. The van der Waals surface area contributed by atoms with E-state index in [2.05, 4.69) is 9.97 Å². The van der Waals surface area contributed by atoms with E-state index in [4.69, 9.17) is 9.47 Å². The normalized spacial score (nSPS) is 20.0. The Labute approximate surface area is 121 Å². The van der Waals surface area contributed by atoms with Crippen molar-refractivity contribution in [1.82, 2.24) is 9.97 Å². The molecule has 0 saturated heterocycles. The van der Waals surface area contributed by atoms with E-state index in [1.807, 2.05) is 24.3 Å². The lowest BCUT2D eigenvalue weighted by Crippen LogP contribution is -2.25. The molecule has 1 aliphatic carbocycles. The first-order valence-corrected chi connectivity index (χ1v) is 7.09. The van der Waals surface area contributed by atoms with Crippen molar-refractivity contribution in [3.63, 3.8) is 0 Å². The van der Waals surface area contributed by atoms with Gasteiger partial charge in [0.05, 0.1) is 11.3 Å². The molecule has 0 N–H and O–H groups in total. The van der Waals surface area contributed by atoms with E-state index < -0.39 is 0 Å². The molecule has 0 bridgehead atoms. The zero-order valence-electron chi connectivity index (χ0n) is 11.4. The van der Waals surface area contributed by atoms with Crippen molar-refractivity contribution in [1.29, 1.82) is 0 Å². The van der Waals surface area contributed by atoms with E-state index in [-0.39, 0.29) is 11.9 Å². The van der Waals surface area contributed by atoms with Gasteiger partial charge in [0.1, 0.15) is 6.61 Å². The molecule has 2 aromatic rings. The molecule has 0 saturated carbocycles. The number of hydrogen-bond acceptors (Lipinski definition) is 5. The summed E-state index contributed by atoms with van der Waals surface area (Å²) in [6, 6.07) is 7.54. The first-order valence-electron chi connectivity index (χ1n) is 7.09. The Hall–Kier alpha value is -2.43. The second-order valence-electron chi connectivity index (χ2n) is 5.23. The van der Waals surface area contributed by atoms with Gasteiger partial charge in [-0.1, -0.05) is 12.1 Å². The second-order valence-corrected chi connectivity index (χ2v) is 5.23. The number of hydrogen-bond donors (Lipinski definition) is 0. The van der Waals surface area contributed by atoms with Crippen LogP contribution in [0.25, 0.3) is 0 Å². The van der Waals surface area contributed by atoms with Crippen LogP contribution in [-0.4, -0.2) is 22.4 Å². The van der Waals surface area contributed by atoms with Crippen LogP contribution in [0, 0.1) is 0 Å². The number of carbonyl (C=O) groups excluding carboxylic acids is 1. The fourth-order valence-electron chi connectivity index (χ4n) is 2.71. The van der Waals surface area contributed by atoms with Crippen molar-refractivity contribution in [2.75, 3.05) is 6.61 Å². The topological polar surface area (TPSA) is 61.3 Å². The molecule has 5 heteroatoms. The lowest BCUT2D eigenvalue weighted by atomic mass is 9.96. The Bertz CT molecular complexity index is 714. The van der Waals surface area contributed by atoms with E-state index in [0.717, 1.165) is 24.3 Å². The highest BCUT2D eigenvalue weighted by Gasteiger charge is 2.27. The van der Waals surface area contributed by atoms with Gasteiger partial charge in [-0.05, 0) is 25.0 Å².